The van der Waals surface area contributed by atoms with Crippen molar-refractivity contribution in [1.82, 2.24) is 14.5 Å². The van der Waals surface area contributed by atoms with Crippen molar-refractivity contribution in [3.8, 4) is 0 Å². The van der Waals surface area contributed by atoms with Crippen molar-refractivity contribution in [3.63, 3.8) is 0 Å². The van der Waals surface area contributed by atoms with Gasteiger partial charge in [-0.3, -0.25) is 4.79 Å². The van der Waals surface area contributed by atoms with E-state index in [2.05, 4.69) is 9.97 Å². The molecule has 0 bridgehead atoms. The summed E-state index contributed by atoms with van der Waals surface area (Å²) >= 11 is 0. The van der Waals surface area contributed by atoms with Gasteiger partial charge in [0.05, 0.1) is 12.0 Å². The maximum absolute atomic E-state index is 13.1. The van der Waals surface area contributed by atoms with Crippen molar-refractivity contribution < 1.29 is 8.91 Å². The second-order valence-corrected chi connectivity index (χ2v) is 5.56. The van der Waals surface area contributed by atoms with Gasteiger partial charge in [-0.1, -0.05) is 18.2 Å². The number of ketones is 1. The van der Waals surface area contributed by atoms with Gasteiger partial charge in [-0.15, -0.1) is 0 Å². The minimum Gasteiger partial charge on any atom is -0.350 e. The summed E-state index contributed by atoms with van der Waals surface area (Å²) in [4.78, 5) is 20.4. The summed E-state index contributed by atoms with van der Waals surface area (Å²) in [5.41, 5.74) is 3.11. The molecule has 1 aliphatic rings. The van der Waals surface area contributed by atoms with Crippen LogP contribution in [0.25, 0.3) is 10.9 Å². The van der Waals surface area contributed by atoms with E-state index in [4.69, 9.17) is 4.11 Å². The molecule has 0 saturated heterocycles. The van der Waals surface area contributed by atoms with Crippen molar-refractivity contribution in [2.45, 2.75) is 19.3 Å². The smallest absolute Gasteiger partial charge is 0.168 e. The number of hydrogen-bond acceptors (Lipinski definition) is 2. The number of rotatable bonds is 2. The maximum atomic E-state index is 13.1. The molecule has 3 aromatic rings. The molecule has 0 spiro atoms. The van der Waals surface area contributed by atoms with Crippen LogP contribution in [-0.2, 0) is 19.8 Å². The average Bonchev–Trinajstić information content (AvgIpc) is 3.17. The number of benzene rings is 1. The van der Waals surface area contributed by atoms with Gasteiger partial charge in [0, 0.05) is 45.4 Å². The molecule has 0 unspecified atom stereocenters. The lowest BCUT2D eigenvalue weighted by molar-refractivity contribution is 0.0909. The van der Waals surface area contributed by atoms with Gasteiger partial charge in [0.2, 0.25) is 0 Å². The van der Waals surface area contributed by atoms with Gasteiger partial charge in [-0.2, -0.15) is 0 Å². The summed E-state index contributed by atoms with van der Waals surface area (Å²) in [5, 5.41) is 0.703. The van der Waals surface area contributed by atoms with Gasteiger partial charge in [-0.25, -0.2) is 4.98 Å². The van der Waals surface area contributed by atoms with E-state index in [1.54, 1.807) is 18.5 Å². The van der Waals surface area contributed by atoms with E-state index >= 15 is 0 Å². The van der Waals surface area contributed by atoms with Crippen LogP contribution in [0.1, 0.15) is 32.3 Å². The van der Waals surface area contributed by atoms with Crippen LogP contribution in [0.2, 0.25) is 0 Å². The van der Waals surface area contributed by atoms with Gasteiger partial charge in [-0.05, 0) is 25.3 Å². The standard InChI is InChI=1S/C17H17N3O/c1-20-9-13(12-4-2-3-5-16(12)20)17(21)11-6-7-14-15(8-11)19-10-18-14/h2-5,9-11H,6-8H2,1H3,(H,18,19)/t11-/m1/s1/i1D3. The molecule has 1 aromatic carbocycles. The maximum Gasteiger partial charge on any atom is 0.168 e. The molecule has 0 aliphatic heterocycles. The van der Waals surface area contributed by atoms with Crippen LogP contribution in [-0.4, -0.2) is 20.3 Å². The third-order valence-electron chi connectivity index (χ3n) is 4.34. The topological polar surface area (TPSA) is 50.7 Å². The van der Waals surface area contributed by atoms with Crippen molar-refractivity contribution in [2.24, 2.45) is 12.9 Å². The highest BCUT2D eigenvalue weighted by atomic mass is 16.1. The lowest BCUT2D eigenvalue weighted by atomic mass is 9.84. The van der Waals surface area contributed by atoms with E-state index in [1.165, 1.54) is 10.8 Å². The number of Topliss-reactive ketones (excluding diaryl/α,β-unsaturated/α-hetero) is 1. The number of H-pyrrole nitrogens is 1. The predicted octanol–water partition coefficient (Wildman–Crippen LogP) is 2.89. The van der Waals surface area contributed by atoms with Gasteiger partial charge < -0.3 is 9.55 Å². The fourth-order valence-electron chi connectivity index (χ4n) is 3.22. The van der Waals surface area contributed by atoms with Crippen LogP contribution >= 0.6 is 0 Å². The molecule has 0 saturated carbocycles. The number of aryl methyl sites for hydroxylation is 2. The fraction of sp³-hybridized carbons (Fsp3) is 0.294. The Hall–Kier alpha value is -2.36. The Balaban J connectivity index is 1.76. The van der Waals surface area contributed by atoms with E-state index < -0.39 is 6.98 Å². The number of fused-ring (bicyclic) bond motifs is 2. The molecule has 21 heavy (non-hydrogen) atoms. The van der Waals surface area contributed by atoms with Crippen LogP contribution in [0, 0.1) is 5.92 Å². The fourth-order valence-corrected chi connectivity index (χ4v) is 3.22. The zero-order valence-electron chi connectivity index (χ0n) is 14.5. The Morgan fingerprint density at radius 2 is 2.38 bits per heavy atom. The molecule has 4 heteroatoms. The van der Waals surface area contributed by atoms with Crippen molar-refractivity contribution >= 4 is 16.7 Å². The number of carbonyl (C=O) groups excluding carboxylic acids is 1. The van der Waals surface area contributed by atoms with Crippen LogP contribution in [0.3, 0.4) is 0 Å². The van der Waals surface area contributed by atoms with E-state index in [0.717, 1.165) is 24.2 Å². The molecule has 0 amide bonds. The number of nitrogens with one attached hydrogen (secondary N) is 1. The van der Waals surface area contributed by atoms with Crippen LogP contribution in [0.15, 0.2) is 36.8 Å². The first kappa shape index (κ1) is 9.55. The van der Waals surface area contributed by atoms with Crippen molar-refractivity contribution in [1.29, 1.82) is 0 Å². The molecule has 4 rings (SSSR count). The zero-order chi connectivity index (χ0) is 16.9. The summed E-state index contributed by atoms with van der Waals surface area (Å²) in [6.07, 6.45) is 5.29. The first-order chi connectivity index (χ1) is 11.4. The molecule has 106 valence electrons. The van der Waals surface area contributed by atoms with Gasteiger partial charge in [0.15, 0.2) is 5.78 Å². The minimum atomic E-state index is -2.30. The van der Waals surface area contributed by atoms with Crippen LogP contribution in [0.4, 0.5) is 0 Å². The largest absolute Gasteiger partial charge is 0.350 e. The van der Waals surface area contributed by atoms with Gasteiger partial charge in [0.1, 0.15) is 0 Å². The monoisotopic (exact) mass is 282 g/mol. The highest BCUT2D eigenvalue weighted by Gasteiger charge is 2.28. The number of aromatic amines is 1. The number of hydrogen-bond donors (Lipinski definition) is 1. The summed E-state index contributed by atoms with van der Waals surface area (Å²) in [6.45, 7) is -2.30. The van der Waals surface area contributed by atoms with Gasteiger partial charge in [0.25, 0.3) is 0 Å². The Bertz CT molecular complexity index is 923. The van der Waals surface area contributed by atoms with E-state index in [-0.39, 0.29) is 11.7 Å². The number of carbonyl (C=O) groups is 1. The number of aromatic nitrogens is 3. The molecular weight excluding hydrogens is 262 g/mol. The van der Waals surface area contributed by atoms with Crippen LogP contribution in [0.5, 0.6) is 0 Å². The first-order valence-corrected chi connectivity index (χ1v) is 7.11. The average molecular weight is 282 g/mol. The predicted molar refractivity (Wildman–Crippen MR) is 81.4 cm³/mol. The molecule has 0 radical (unpaired) electrons. The number of nitrogens with zero attached hydrogens (tertiary/aromatic N) is 2. The first-order valence-electron chi connectivity index (χ1n) is 8.61. The summed E-state index contributed by atoms with van der Waals surface area (Å²) in [5.74, 6) is -0.136. The molecule has 4 nitrogen and oxygen atoms in total. The molecule has 1 atom stereocenters. The molecule has 2 aromatic heterocycles. The molecule has 2 heterocycles. The Kier molecular flexibility index (Phi) is 2.09. The number of imidazole rings is 1. The normalized spacial score (nSPS) is 20.6. The highest BCUT2D eigenvalue weighted by molar-refractivity contribution is 6.09. The zero-order valence-corrected chi connectivity index (χ0v) is 11.5. The third-order valence-corrected chi connectivity index (χ3v) is 4.34. The van der Waals surface area contributed by atoms with Crippen LogP contribution < -0.4 is 0 Å². The van der Waals surface area contributed by atoms with Crippen molar-refractivity contribution in [2.75, 3.05) is 0 Å². The summed E-state index contributed by atoms with van der Waals surface area (Å²) < 4.78 is 24.3. The quantitative estimate of drug-likeness (QED) is 0.735. The summed E-state index contributed by atoms with van der Waals surface area (Å²) in [6, 6.07) is 7.18. The Morgan fingerprint density at radius 3 is 3.29 bits per heavy atom. The molecular formula is C17H17N3O. The minimum absolute atomic E-state index is 0.00875. The highest BCUT2D eigenvalue weighted by Crippen LogP contribution is 2.29. The lowest BCUT2D eigenvalue weighted by Crippen LogP contribution is -2.22. The molecule has 1 aliphatic carbocycles. The SMILES string of the molecule is [2H]C([2H])([2H])n1cc(C(=O)[C@@H]2CCc3nc[nH]c3C2)c2ccccc21. The lowest BCUT2D eigenvalue weighted by Gasteiger charge is -2.19. The Morgan fingerprint density at radius 1 is 1.48 bits per heavy atom. The van der Waals surface area contributed by atoms with E-state index in [9.17, 15) is 4.79 Å². The van der Waals surface area contributed by atoms with Crippen molar-refractivity contribution in [3.05, 3.63) is 53.7 Å². The van der Waals surface area contributed by atoms with Gasteiger partial charge >= 0.3 is 0 Å². The Labute approximate surface area is 127 Å². The molecule has 0 fully saturated rings. The third kappa shape index (κ3) is 1.90. The second kappa shape index (κ2) is 4.58. The molecule has 1 N–H and O–H groups in total. The van der Waals surface area contributed by atoms with E-state index in [1.807, 2.05) is 12.1 Å². The number of para-hydroxylation sites is 1. The summed E-state index contributed by atoms with van der Waals surface area (Å²) in [7, 11) is 0. The van der Waals surface area contributed by atoms with E-state index in [0.29, 0.717) is 22.9 Å². The second-order valence-electron chi connectivity index (χ2n) is 5.56.